The molecule has 102 valence electrons. The Labute approximate surface area is 105 Å². The SMILES string of the molecule is CC1(C)O[C@@H]2O[C@@H](C=O)[C@H]3OC(C)(C)O[C@H]3[C@@H]2O1. The number of hydrogen-bond acceptors (Lipinski definition) is 6. The molecule has 18 heavy (non-hydrogen) atoms. The van der Waals surface area contributed by atoms with Gasteiger partial charge in [0, 0.05) is 0 Å². The molecule has 3 aliphatic heterocycles. The highest BCUT2D eigenvalue weighted by atomic mass is 16.9. The average Bonchev–Trinajstić information content (AvgIpc) is 2.71. The fourth-order valence-corrected chi connectivity index (χ4v) is 2.75. The molecule has 0 saturated carbocycles. The van der Waals surface area contributed by atoms with Crippen LogP contribution in [0.2, 0.25) is 0 Å². The average molecular weight is 258 g/mol. The second kappa shape index (κ2) is 3.74. The maximum absolute atomic E-state index is 11.1. The van der Waals surface area contributed by atoms with Crippen molar-refractivity contribution in [3.8, 4) is 0 Å². The summed E-state index contributed by atoms with van der Waals surface area (Å²) in [5.74, 6) is -1.49. The van der Waals surface area contributed by atoms with Crippen molar-refractivity contribution >= 4 is 6.29 Å². The number of carbonyl (C=O) groups is 1. The Kier molecular flexibility index (Phi) is 2.60. The third-order valence-electron chi connectivity index (χ3n) is 3.32. The Balaban J connectivity index is 1.89. The summed E-state index contributed by atoms with van der Waals surface area (Å²) in [5, 5.41) is 0. The van der Waals surface area contributed by atoms with E-state index >= 15 is 0 Å². The Morgan fingerprint density at radius 3 is 2.06 bits per heavy atom. The van der Waals surface area contributed by atoms with E-state index in [-0.39, 0.29) is 12.2 Å². The molecule has 0 spiro atoms. The second-order valence-electron chi connectivity index (χ2n) is 5.77. The fraction of sp³-hybridized carbons (Fsp3) is 0.917. The van der Waals surface area contributed by atoms with Crippen molar-refractivity contribution in [1.82, 2.24) is 0 Å². The quantitative estimate of drug-likeness (QED) is 0.641. The van der Waals surface area contributed by atoms with Crippen LogP contribution in [0.1, 0.15) is 27.7 Å². The van der Waals surface area contributed by atoms with Gasteiger partial charge in [0.1, 0.15) is 24.4 Å². The first-order chi connectivity index (χ1) is 8.31. The van der Waals surface area contributed by atoms with Gasteiger partial charge in [-0.1, -0.05) is 0 Å². The molecule has 3 rings (SSSR count). The van der Waals surface area contributed by atoms with Gasteiger partial charge < -0.3 is 28.5 Å². The molecule has 0 amide bonds. The van der Waals surface area contributed by atoms with Crippen LogP contribution in [0, 0.1) is 0 Å². The van der Waals surface area contributed by atoms with Crippen molar-refractivity contribution in [2.75, 3.05) is 0 Å². The fourth-order valence-electron chi connectivity index (χ4n) is 2.75. The van der Waals surface area contributed by atoms with Gasteiger partial charge in [-0.15, -0.1) is 0 Å². The van der Waals surface area contributed by atoms with Gasteiger partial charge in [-0.25, -0.2) is 0 Å². The third kappa shape index (κ3) is 1.88. The van der Waals surface area contributed by atoms with Gasteiger partial charge >= 0.3 is 0 Å². The van der Waals surface area contributed by atoms with Gasteiger partial charge in [0.05, 0.1) is 0 Å². The summed E-state index contributed by atoms with van der Waals surface area (Å²) in [6, 6.07) is 0. The first-order valence-electron chi connectivity index (χ1n) is 6.13. The van der Waals surface area contributed by atoms with Crippen molar-refractivity contribution < 1.29 is 28.5 Å². The highest BCUT2D eigenvalue weighted by Gasteiger charge is 2.60. The summed E-state index contributed by atoms with van der Waals surface area (Å²) in [7, 11) is 0. The van der Waals surface area contributed by atoms with Crippen LogP contribution >= 0.6 is 0 Å². The molecular formula is C12H18O6. The highest BCUT2D eigenvalue weighted by molar-refractivity contribution is 5.58. The zero-order valence-corrected chi connectivity index (χ0v) is 10.9. The van der Waals surface area contributed by atoms with E-state index in [0.717, 1.165) is 6.29 Å². The lowest BCUT2D eigenvalue weighted by molar-refractivity contribution is -0.226. The third-order valence-corrected chi connectivity index (χ3v) is 3.32. The normalized spacial score (nSPS) is 48.6. The lowest BCUT2D eigenvalue weighted by Crippen LogP contribution is -2.55. The molecule has 6 heteroatoms. The van der Waals surface area contributed by atoms with Gasteiger partial charge in [0.15, 0.2) is 24.2 Å². The van der Waals surface area contributed by atoms with Crippen LogP contribution in [0.5, 0.6) is 0 Å². The molecule has 3 saturated heterocycles. The molecule has 0 N–H and O–H groups in total. The number of fused-ring (bicyclic) bond motifs is 3. The van der Waals surface area contributed by atoms with Crippen molar-refractivity contribution in [1.29, 1.82) is 0 Å². The predicted octanol–water partition coefficient (Wildman–Crippen LogP) is 0.582. The molecule has 0 bridgehead atoms. The lowest BCUT2D eigenvalue weighted by Gasteiger charge is -2.34. The Morgan fingerprint density at radius 2 is 1.39 bits per heavy atom. The predicted molar refractivity (Wildman–Crippen MR) is 58.6 cm³/mol. The van der Waals surface area contributed by atoms with Gasteiger partial charge in [0.25, 0.3) is 0 Å². The molecule has 0 radical (unpaired) electrons. The number of rotatable bonds is 1. The maximum atomic E-state index is 11.1. The molecule has 3 aliphatic rings. The molecule has 5 atom stereocenters. The molecule has 0 aromatic rings. The summed E-state index contributed by atoms with van der Waals surface area (Å²) in [4.78, 5) is 11.1. The zero-order chi connectivity index (χ0) is 13.1. The van der Waals surface area contributed by atoms with Crippen LogP contribution in [-0.4, -0.2) is 48.6 Å². The molecule has 0 aromatic heterocycles. The largest absolute Gasteiger partial charge is 0.342 e. The van der Waals surface area contributed by atoms with E-state index in [1.165, 1.54) is 0 Å². The summed E-state index contributed by atoms with van der Waals surface area (Å²) >= 11 is 0. The maximum Gasteiger partial charge on any atom is 0.190 e. The van der Waals surface area contributed by atoms with Crippen molar-refractivity contribution in [3.63, 3.8) is 0 Å². The summed E-state index contributed by atoms with van der Waals surface area (Å²) < 4.78 is 28.5. The first kappa shape index (κ1) is 12.5. The van der Waals surface area contributed by atoms with Gasteiger partial charge in [-0.3, -0.25) is 0 Å². The zero-order valence-electron chi connectivity index (χ0n) is 10.9. The van der Waals surface area contributed by atoms with E-state index in [1.54, 1.807) is 13.8 Å². The van der Waals surface area contributed by atoms with E-state index in [2.05, 4.69) is 0 Å². The number of aldehydes is 1. The number of carbonyl (C=O) groups excluding carboxylic acids is 1. The number of ether oxygens (including phenoxy) is 5. The van der Waals surface area contributed by atoms with Gasteiger partial charge in [-0.05, 0) is 27.7 Å². The van der Waals surface area contributed by atoms with Crippen molar-refractivity contribution in [3.05, 3.63) is 0 Å². The molecule has 3 heterocycles. The summed E-state index contributed by atoms with van der Waals surface area (Å²) in [6.45, 7) is 7.23. The van der Waals surface area contributed by atoms with Crippen molar-refractivity contribution in [2.45, 2.75) is 70.0 Å². The minimum Gasteiger partial charge on any atom is -0.342 e. The van der Waals surface area contributed by atoms with E-state index in [1.807, 2.05) is 13.8 Å². The van der Waals surface area contributed by atoms with E-state index < -0.39 is 30.1 Å². The molecule has 0 aliphatic carbocycles. The van der Waals surface area contributed by atoms with Gasteiger partial charge in [0.2, 0.25) is 0 Å². The molecule has 0 aromatic carbocycles. The van der Waals surface area contributed by atoms with Crippen LogP contribution in [0.15, 0.2) is 0 Å². The molecular weight excluding hydrogens is 240 g/mol. The summed E-state index contributed by atoms with van der Waals surface area (Å²) in [5.41, 5.74) is 0. The van der Waals surface area contributed by atoms with Crippen molar-refractivity contribution in [2.24, 2.45) is 0 Å². The Bertz CT molecular complexity index is 366. The molecule has 6 nitrogen and oxygen atoms in total. The van der Waals surface area contributed by atoms with E-state index in [4.69, 9.17) is 23.7 Å². The first-order valence-corrected chi connectivity index (χ1v) is 6.13. The molecule has 0 unspecified atom stereocenters. The minimum atomic E-state index is -0.745. The topological polar surface area (TPSA) is 63.2 Å². The Morgan fingerprint density at radius 1 is 0.833 bits per heavy atom. The Hall–Kier alpha value is -0.530. The summed E-state index contributed by atoms with van der Waals surface area (Å²) in [6.07, 6.45) is -1.72. The highest BCUT2D eigenvalue weighted by Crippen LogP contribution is 2.43. The number of hydrogen-bond donors (Lipinski definition) is 0. The van der Waals surface area contributed by atoms with E-state index in [0.29, 0.717) is 0 Å². The smallest absolute Gasteiger partial charge is 0.190 e. The van der Waals surface area contributed by atoms with Crippen LogP contribution in [0.25, 0.3) is 0 Å². The molecule has 3 fully saturated rings. The standard InChI is InChI=1S/C12H18O6/c1-11(2)15-7-6(5-13)14-10-9(8(7)16-11)17-12(3,4)18-10/h5-10H,1-4H3/t6-,7+,8+,9-,10-/m0/s1. The van der Waals surface area contributed by atoms with Crippen LogP contribution in [-0.2, 0) is 28.5 Å². The van der Waals surface area contributed by atoms with Crippen LogP contribution in [0.3, 0.4) is 0 Å². The monoisotopic (exact) mass is 258 g/mol. The van der Waals surface area contributed by atoms with Crippen LogP contribution < -0.4 is 0 Å². The van der Waals surface area contributed by atoms with Crippen LogP contribution in [0.4, 0.5) is 0 Å². The second-order valence-corrected chi connectivity index (χ2v) is 5.77. The van der Waals surface area contributed by atoms with E-state index in [9.17, 15) is 4.79 Å². The lowest BCUT2D eigenvalue weighted by atomic mass is 10.00. The van der Waals surface area contributed by atoms with Gasteiger partial charge in [-0.2, -0.15) is 0 Å². The minimum absolute atomic E-state index is 0.351.